The van der Waals surface area contributed by atoms with E-state index in [2.05, 4.69) is 5.32 Å². The Kier molecular flexibility index (Phi) is 4.34. The van der Waals surface area contributed by atoms with Gasteiger partial charge in [0.25, 0.3) is 0 Å². The molecule has 1 aliphatic heterocycles. The fourth-order valence-corrected chi connectivity index (χ4v) is 1.16. The van der Waals surface area contributed by atoms with Gasteiger partial charge in [-0.25, -0.2) is 0 Å². The number of hydrogen-bond donors (Lipinski definition) is 2. The first kappa shape index (κ1) is 10.9. The summed E-state index contributed by atoms with van der Waals surface area (Å²) in [6.07, 6.45) is 0. The number of hydrogen-bond acceptors (Lipinski definition) is 4. The number of aliphatic hydroxyl groups excluding tert-OH is 1. The van der Waals surface area contributed by atoms with Crippen molar-refractivity contribution in [3.63, 3.8) is 0 Å². The molecule has 0 spiro atoms. The van der Waals surface area contributed by atoms with E-state index < -0.39 is 11.8 Å². The molecule has 0 aromatic rings. The molecular weight excluding hydrogens is 188 g/mol. The summed E-state index contributed by atoms with van der Waals surface area (Å²) in [6.45, 7) is 1.78. The standard InChI is InChI=1S/C8H14N2O4/c11-4-1-9-7(12)8(13)10-2-5-14-6-3-10/h11H,1-6H2,(H,9,12). The number of aliphatic hydroxyl groups is 1. The van der Waals surface area contributed by atoms with Gasteiger partial charge in [-0.1, -0.05) is 0 Å². The zero-order valence-electron chi connectivity index (χ0n) is 7.86. The van der Waals surface area contributed by atoms with E-state index in [1.807, 2.05) is 0 Å². The molecule has 2 N–H and O–H groups in total. The van der Waals surface area contributed by atoms with E-state index in [1.165, 1.54) is 4.90 Å². The summed E-state index contributed by atoms with van der Waals surface area (Å²) in [5.74, 6) is -1.22. The Bertz CT molecular complexity index is 213. The molecule has 0 unspecified atom stereocenters. The quantitative estimate of drug-likeness (QED) is 0.505. The minimum Gasteiger partial charge on any atom is -0.395 e. The van der Waals surface area contributed by atoms with Crippen molar-refractivity contribution in [2.75, 3.05) is 39.5 Å². The molecule has 6 heteroatoms. The van der Waals surface area contributed by atoms with Crippen LogP contribution in [0.25, 0.3) is 0 Å². The number of nitrogens with one attached hydrogen (secondary N) is 1. The van der Waals surface area contributed by atoms with E-state index in [-0.39, 0.29) is 13.2 Å². The van der Waals surface area contributed by atoms with Crippen LogP contribution in [0, 0.1) is 0 Å². The third kappa shape index (κ3) is 2.97. The molecule has 0 radical (unpaired) electrons. The van der Waals surface area contributed by atoms with Crippen LogP contribution >= 0.6 is 0 Å². The average Bonchev–Trinajstić information content (AvgIpc) is 2.26. The molecular formula is C8H14N2O4. The monoisotopic (exact) mass is 202 g/mol. The molecule has 1 rings (SSSR count). The Balaban J connectivity index is 2.34. The van der Waals surface area contributed by atoms with Gasteiger partial charge in [0.2, 0.25) is 0 Å². The molecule has 1 fully saturated rings. The molecule has 0 aromatic carbocycles. The van der Waals surface area contributed by atoms with Crippen LogP contribution in [0.5, 0.6) is 0 Å². The van der Waals surface area contributed by atoms with Crippen LogP contribution in [0.15, 0.2) is 0 Å². The van der Waals surface area contributed by atoms with Gasteiger partial charge in [0.05, 0.1) is 19.8 Å². The van der Waals surface area contributed by atoms with Gasteiger partial charge in [-0.05, 0) is 0 Å². The lowest BCUT2D eigenvalue weighted by Gasteiger charge is -2.25. The average molecular weight is 202 g/mol. The lowest BCUT2D eigenvalue weighted by molar-refractivity contribution is -0.148. The summed E-state index contributed by atoms with van der Waals surface area (Å²) in [4.78, 5) is 24.0. The second kappa shape index (κ2) is 5.56. The summed E-state index contributed by atoms with van der Waals surface area (Å²) in [6, 6.07) is 0. The van der Waals surface area contributed by atoms with Gasteiger partial charge >= 0.3 is 11.8 Å². The van der Waals surface area contributed by atoms with E-state index >= 15 is 0 Å². The fourth-order valence-electron chi connectivity index (χ4n) is 1.16. The van der Waals surface area contributed by atoms with Crippen molar-refractivity contribution in [3.05, 3.63) is 0 Å². The van der Waals surface area contributed by atoms with Crippen LogP contribution in [0.1, 0.15) is 0 Å². The third-order valence-corrected chi connectivity index (χ3v) is 1.89. The van der Waals surface area contributed by atoms with E-state index in [0.29, 0.717) is 26.3 Å². The summed E-state index contributed by atoms with van der Waals surface area (Å²) >= 11 is 0. The highest BCUT2D eigenvalue weighted by atomic mass is 16.5. The smallest absolute Gasteiger partial charge is 0.312 e. The molecule has 6 nitrogen and oxygen atoms in total. The first-order valence-electron chi connectivity index (χ1n) is 4.51. The van der Waals surface area contributed by atoms with Gasteiger partial charge in [0, 0.05) is 19.6 Å². The Morgan fingerprint density at radius 2 is 2.00 bits per heavy atom. The van der Waals surface area contributed by atoms with Crippen molar-refractivity contribution in [2.45, 2.75) is 0 Å². The summed E-state index contributed by atoms with van der Waals surface area (Å²) < 4.78 is 5.05. The van der Waals surface area contributed by atoms with Gasteiger partial charge < -0.3 is 20.1 Å². The number of carbonyl (C=O) groups excluding carboxylic acids is 2. The highest BCUT2D eigenvalue weighted by Crippen LogP contribution is 1.96. The fraction of sp³-hybridized carbons (Fsp3) is 0.750. The van der Waals surface area contributed by atoms with E-state index in [0.717, 1.165) is 0 Å². The molecule has 0 aromatic heterocycles. The van der Waals surface area contributed by atoms with E-state index in [9.17, 15) is 9.59 Å². The molecule has 14 heavy (non-hydrogen) atoms. The summed E-state index contributed by atoms with van der Waals surface area (Å²) in [7, 11) is 0. The second-order valence-corrected chi connectivity index (χ2v) is 2.88. The predicted octanol–water partition coefficient (Wildman–Crippen LogP) is -2.05. The van der Waals surface area contributed by atoms with Crippen molar-refractivity contribution >= 4 is 11.8 Å². The molecule has 1 saturated heterocycles. The Hall–Kier alpha value is -1.14. The lowest BCUT2D eigenvalue weighted by Crippen LogP contribution is -2.48. The maximum Gasteiger partial charge on any atom is 0.312 e. The molecule has 0 atom stereocenters. The van der Waals surface area contributed by atoms with Gasteiger partial charge in [0.1, 0.15) is 0 Å². The van der Waals surface area contributed by atoms with Crippen molar-refractivity contribution in [1.29, 1.82) is 0 Å². The van der Waals surface area contributed by atoms with Gasteiger partial charge in [-0.2, -0.15) is 0 Å². The summed E-state index contributed by atoms with van der Waals surface area (Å²) in [5.41, 5.74) is 0. The highest BCUT2D eigenvalue weighted by molar-refractivity contribution is 6.35. The Morgan fingerprint density at radius 1 is 1.36 bits per heavy atom. The van der Waals surface area contributed by atoms with Crippen LogP contribution < -0.4 is 5.32 Å². The molecule has 80 valence electrons. The number of morpholine rings is 1. The van der Waals surface area contributed by atoms with Crippen LogP contribution in [0.3, 0.4) is 0 Å². The van der Waals surface area contributed by atoms with E-state index in [1.54, 1.807) is 0 Å². The normalized spacial score (nSPS) is 16.5. The van der Waals surface area contributed by atoms with E-state index in [4.69, 9.17) is 9.84 Å². The van der Waals surface area contributed by atoms with Crippen LogP contribution in [-0.4, -0.2) is 61.3 Å². The van der Waals surface area contributed by atoms with Crippen molar-refractivity contribution in [2.24, 2.45) is 0 Å². The minimum atomic E-state index is -0.666. The lowest BCUT2D eigenvalue weighted by atomic mass is 10.4. The van der Waals surface area contributed by atoms with Crippen molar-refractivity contribution < 1.29 is 19.4 Å². The number of carbonyl (C=O) groups is 2. The Morgan fingerprint density at radius 3 is 2.57 bits per heavy atom. The molecule has 2 amide bonds. The second-order valence-electron chi connectivity index (χ2n) is 2.88. The molecule has 1 aliphatic rings. The topological polar surface area (TPSA) is 78.9 Å². The first-order chi connectivity index (χ1) is 6.75. The highest BCUT2D eigenvalue weighted by Gasteiger charge is 2.22. The number of rotatable bonds is 2. The summed E-state index contributed by atoms with van der Waals surface area (Å²) in [5, 5.41) is 10.8. The molecule has 0 aliphatic carbocycles. The van der Waals surface area contributed by atoms with Gasteiger partial charge in [-0.15, -0.1) is 0 Å². The number of nitrogens with zero attached hydrogens (tertiary/aromatic N) is 1. The molecule has 0 saturated carbocycles. The largest absolute Gasteiger partial charge is 0.395 e. The zero-order chi connectivity index (χ0) is 10.4. The maximum absolute atomic E-state index is 11.4. The van der Waals surface area contributed by atoms with Crippen LogP contribution in [0.2, 0.25) is 0 Å². The van der Waals surface area contributed by atoms with Crippen molar-refractivity contribution in [3.8, 4) is 0 Å². The van der Waals surface area contributed by atoms with Gasteiger partial charge in [0.15, 0.2) is 0 Å². The maximum atomic E-state index is 11.4. The zero-order valence-corrected chi connectivity index (χ0v) is 7.86. The molecule has 0 bridgehead atoms. The SMILES string of the molecule is O=C(NCCO)C(=O)N1CCOCC1. The molecule has 1 heterocycles. The van der Waals surface area contributed by atoms with Gasteiger partial charge in [-0.3, -0.25) is 9.59 Å². The predicted molar refractivity (Wildman–Crippen MR) is 47.5 cm³/mol. The number of ether oxygens (including phenoxy) is 1. The van der Waals surface area contributed by atoms with Crippen LogP contribution in [0.4, 0.5) is 0 Å². The Labute approximate surface area is 81.8 Å². The van der Waals surface area contributed by atoms with Crippen LogP contribution in [-0.2, 0) is 14.3 Å². The number of amides is 2. The minimum absolute atomic E-state index is 0.106. The van der Waals surface area contributed by atoms with Crippen molar-refractivity contribution in [1.82, 2.24) is 10.2 Å². The third-order valence-electron chi connectivity index (χ3n) is 1.89. The first-order valence-corrected chi connectivity index (χ1v) is 4.51.